The fraction of sp³-hybridized carbons (Fsp3) is 0.818. The van der Waals surface area contributed by atoms with E-state index in [-0.39, 0.29) is 16.7 Å². The second kappa shape index (κ2) is 5.29. The third kappa shape index (κ3) is 2.07. The van der Waals surface area contributed by atoms with Crippen molar-refractivity contribution < 1.29 is 9.59 Å². The smallest absolute Gasteiger partial charge is 0.155 e. The maximum absolute atomic E-state index is 12.3. The SMILES string of the molecule is CC(=O)[C@H]1CC[C@H]2[C@@H]3CCC4=CC(=O)CC[C@]4(C)[C@H]3C(C)C[C@]12C. The fourth-order valence-electron chi connectivity index (χ4n) is 7.94. The maximum atomic E-state index is 12.3. The Morgan fingerprint density at radius 1 is 1.17 bits per heavy atom. The number of carbonyl (C=O) groups is 2. The molecule has 4 aliphatic rings. The third-order valence-corrected chi connectivity index (χ3v) is 8.70. The van der Waals surface area contributed by atoms with Crippen LogP contribution < -0.4 is 0 Å². The summed E-state index contributed by atoms with van der Waals surface area (Å²) in [5, 5.41) is 0. The quantitative estimate of drug-likeness (QED) is 0.681. The molecule has 2 nitrogen and oxygen atoms in total. The number of carbonyl (C=O) groups excluding carboxylic acids is 2. The van der Waals surface area contributed by atoms with Crippen molar-refractivity contribution in [3.8, 4) is 0 Å². The monoisotopic (exact) mass is 328 g/mol. The van der Waals surface area contributed by atoms with Crippen LogP contribution in [-0.4, -0.2) is 11.6 Å². The highest BCUT2D eigenvalue weighted by atomic mass is 16.1. The Morgan fingerprint density at radius 3 is 2.62 bits per heavy atom. The van der Waals surface area contributed by atoms with Crippen LogP contribution in [0.2, 0.25) is 0 Å². The Bertz CT molecular complexity index is 617. The number of ketones is 2. The van der Waals surface area contributed by atoms with E-state index in [2.05, 4.69) is 20.8 Å². The van der Waals surface area contributed by atoms with E-state index in [0.29, 0.717) is 29.3 Å². The van der Waals surface area contributed by atoms with Crippen molar-refractivity contribution in [2.24, 2.45) is 40.4 Å². The summed E-state index contributed by atoms with van der Waals surface area (Å²) in [6.07, 6.45) is 9.64. The van der Waals surface area contributed by atoms with Gasteiger partial charge in [-0.1, -0.05) is 26.3 Å². The molecule has 0 saturated heterocycles. The second-order valence-corrected chi connectivity index (χ2v) is 9.82. The van der Waals surface area contributed by atoms with E-state index >= 15 is 0 Å². The predicted octanol–water partition coefficient (Wildman–Crippen LogP) is 4.97. The lowest BCUT2D eigenvalue weighted by atomic mass is 9.44. The van der Waals surface area contributed by atoms with Crippen LogP contribution >= 0.6 is 0 Å². The van der Waals surface area contributed by atoms with Crippen LogP contribution in [0.25, 0.3) is 0 Å². The molecule has 0 heterocycles. The zero-order valence-corrected chi connectivity index (χ0v) is 15.7. The highest BCUT2D eigenvalue weighted by molar-refractivity contribution is 5.91. The largest absolute Gasteiger partial charge is 0.300 e. The highest BCUT2D eigenvalue weighted by Crippen LogP contribution is 2.68. The molecule has 1 unspecified atom stereocenters. The molecule has 7 atom stereocenters. The van der Waals surface area contributed by atoms with Gasteiger partial charge < -0.3 is 0 Å². The van der Waals surface area contributed by atoms with Gasteiger partial charge in [-0.15, -0.1) is 0 Å². The van der Waals surface area contributed by atoms with Crippen molar-refractivity contribution in [2.45, 2.75) is 72.6 Å². The fourth-order valence-corrected chi connectivity index (χ4v) is 7.94. The summed E-state index contributed by atoms with van der Waals surface area (Å²) < 4.78 is 0. The van der Waals surface area contributed by atoms with Gasteiger partial charge in [0, 0.05) is 12.3 Å². The zero-order valence-electron chi connectivity index (χ0n) is 15.7. The Kier molecular flexibility index (Phi) is 3.64. The molecule has 4 rings (SSSR count). The second-order valence-electron chi connectivity index (χ2n) is 9.82. The minimum atomic E-state index is 0.217. The molecule has 0 aromatic heterocycles. The van der Waals surface area contributed by atoms with Crippen LogP contribution in [0.15, 0.2) is 11.6 Å². The van der Waals surface area contributed by atoms with Crippen LogP contribution in [0.1, 0.15) is 72.6 Å². The minimum Gasteiger partial charge on any atom is -0.300 e. The molecule has 24 heavy (non-hydrogen) atoms. The zero-order chi connectivity index (χ0) is 17.3. The van der Waals surface area contributed by atoms with E-state index in [1.807, 2.05) is 13.0 Å². The molecule has 3 saturated carbocycles. The lowest BCUT2D eigenvalue weighted by molar-refractivity contribution is -0.132. The summed E-state index contributed by atoms with van der Waals surface area (Å²) in [5.41, 5.74) is 1.89. The van der Waals surface area contributed by atoms with E-state index in [1.54, 1.807) is 0 Å². The van der Waals surface area contributed by atoms with Crippen LogP contribution in [-0.2, 0) is 9.59 Å². The van der Waals surface area contributed by atoms with E-state index in [9.17, 15) is 9.59 Å². The van der Waals surface area contributed by atoms with E-state index in [4.69, 9.17) is 0 Å². The first-order valence-electron chi connectivity index (χ1n) is 10.0. The van der Waals surface area contributed by atoms with Crippen LogP contribution in [0.3, 0.4) is 0 Å². The van der Waals surface area contributed by atoms with Gasteiger partial charge in [-0.2, -0.15) is 0 Å². The number of Topliss-reactive ketones (excluding diaryl/α,β-unsaturated/α-hetero) is 1. The molecule has 0 aromatic rings. The van der Waals surface area contributed by atoms with Crippen molar-refractivity contribution in [3.05, 3.63) is 11.6 Å². The van der Waals surface area contributed by atoms with Gasteiger partial charge in [0.2, 0.25) is 0 Å². The average molecular weight is 328 g/mol. The first-order valence-corrected chi connectivity index (χ1v) is 10.0. The highest BCUT2D eigenvalue weighted by Gasteiger charge is 2.61. The average Bonchev–Trinajstić information content (AvgIpc) is 2.84. The molecular formula is C22H32O2. The predicted molar refractivity (Wildman–Crippen MR) is 95.4 cm³/mol. The molecule has 132 valence electrons. The molecule has 0 radical (unpaired) electrons. The van der Waals surface area contributed by atoms with Gasteiger partial charge in [-0.25, -0.2) is 0 Å². The summed E-state index contributed by atoms with van der Waals surface area (Å²) in [4.78, 5) is 24.2. The number of fused-ring (bicyclic) bond motifs is 5. The summed E-state index contributed by atoms with van der Waals surface area (Å²) in [6, 6.07) is 0. The molecule has 0 aliphatic heterocycles. The number of allylic oxidation sites excluding steroid dienone is 1. The van der Waals surface area contributed by atoms with Gasteiger partial charge in [0.05, 0.1) is 0 Å². The molecular weight excluding hydrogens is 296 g/mol. The molecule has 0 aromatic carbocycles. The molecule has 4 aliphatic carbocycles. The Balaban J connectivity index is 1.72. The van der Waals surface area contributed by atoms with Gasteiger partial charge in [0.1, 0.15) is 5.78 Å². The van der Waals surface area contributed by atoms with Crippen LogP contribution in [0, 0.1) is 40.4 Å². The maximum Gasteiger partial charge on any atom is 0.155 e. The Hall–Kier alpha value is -0.920. The van der Waals surface area contributed by atoms with Crippen molar-refractivity contribution in [1.82, 2.24) is 0 Å². The third-order valence-electron chi connectivity index (χ3n) is 8.70. The van der Waals surface area contributed by atoms with Crippen molar-refractivity contribution in [3.63, 3.8) is 0 Å². The lowest BCUT2D eigenvalue weighted by Gasteiger charge is -2.60. The summed E-state index contributed by atoms with van der Waals surface area (Å²) in [6.45, 7) is 9.10. The molecule has 0 amide bonds. The summed E-state index contributed by atoms with van der Waals surface area (Å²) >= 11 is 0. The molecule has 2 heteroatoms. The molecule has 0 bridgehead atoms. The van der Waals surface area contributed by atoms with Crippen LogP contribution in [0.5, 0.6) is 0 Å². The molecule has 3 fully saturated rings. The number of hydrogen-bond donors (Lipinski definition) is 0. The van der Waals surface area contributed by atoms with Crippen LogP contribution in [0.4, 0.5) is 0 Å². The van der Waals surface area contributed by atoms with Gasteiger partial charge in [-0.3, -0.25) is 9.59 Å². The van der Waals surface area contributed by atoms with E-state index < -0.39 is 0 Å². The first-order chi connectivity index (χ1) is 11.3. The van der Waals surface area contributed by atoms with Crippen molar-refractivity contribution >= 4 is 11.6 Å². The minimum absolute atomic E-state index is 0.217. The Morgan fingerprint density at radius 2 is 1.92 bits per heavy atom. The molecule has 0 spiro atoms. The molecule has 0 N–H and O–H groups in total. The first kappa shape index (κ1) is 16.5. The summed E-state index contributed by atoms with van der Waals surface area (Å²) in [5.74, 6) is 3.85. The lowest BCUT2D eigenvalue weighted by Crippen LogP contribution is -2.54. The summed E-state index contributed by atoms with van der Waals surface area (Å²) in [7, 11) is 0. The standard InChI is InChI=1S/C22H32O2/c1-13-12-22(4)18(14(2)23)7-8-19(22)17-6-5-15-11-16(24)9-10-21(15,3)20(13)17/h11,13,17-20H,5-10,12H2,1-4H3/t13?,17-,18+,19-,20-,21-,22+/m0/s1. The topological polar surface area (TPSA) is 34.1 Å². The number of hydrogen-bond acceptors (Lipinski definition) is 2. The van der Waals surface area contributed by atoms with E-state index in [0.717, 1.165) is 31.6 Å². The van der Waals surface area contributed by atoms with E-state index in [1.165, 1.54) is 24.8 Å². The normalized spacial score (nSPS) is 50.6. The van der Waals surface area contributed by atoms with Crippen molar-refractivity contribution in [1.29, 1.82) is 0 Å². The van der Waals surface area contributed by atoms with Gasteiger partial charge in [-0.05, 0) is 86.0 Å². The Labute approximate surface area is 146 Å². The van der Waals surface area contributed by atoms with Crippen molar-refractivity contribution in [2.75, 3.05) is 0 Å². The number of rotatable bonds is 1. The van der Waals surface area contributed by atoms with Gasteiger partial charge in [0.25, 0.3) is 0 Å². The van der Waals surface area contributed by atoms with Gasteiger partial charge >= 0.3 is 0 Å². The van der Waals surface area contributed by atoms with Gasteiger partial charge in [0.15, 0.2) is 5.78 Å².